The molecule has 1 aliphatic rings. The summed E-state index contributed by atoms with van der Waals surface area (Å²) in [5.74, 6) is 0.632. The van der Waals surface area contributed by atoms with E-state index in [4.69, 9.17) is 6.42 Å². The van der Waals surface area contributed by atoms with E-state index in [1.54, 1.807) is 11.8 Å². The lowest BCUT2D eigenvalue weighted by Crippen LogP contribution is -2.17. The molecule has 1 saturated carbocycles. The Hall–Kier alpha value is -0.880. The van der Waals surface area contributed by atoms with E-state index < -0.39 is 0 Å². The van der Waals surface area contributed by atoms with Crippen molar-refractivity contribution in [2.75, 3.05) is 7.05 Å². The van der Waals surface area contributed by atoms with Crippen LogP contribution < -0.4 is 5.32 Å². The molecule has 18 heavy (non-hydrogen) atoms. The molecular weight excluding hydrogens is 240 g/mol. The summed E-state index contributed by atoms with van der Waals surface area (Å²) in [6, 6.07) is 2.53. The smallest absolute Gasteiger partial charge is 0.0846 e. The molecule has 100 valence electrons. The van der Waals surface area contributed by atoms with Crippen molar-refractivity contribution in [3.8, 4) is 12.5 Å². The first kappa shape index (κ1) is 15.2. The van der Waals surface area contributed by atoms with Gasteiger partial charge in [-0.3, -0.25) is 4.99 Å². The van der Waals surface area contributed by atoms with Gasteiger partial charge >= 0.3 is 0 Å². The molecule has 0 aliphatic heterocycles. The standard InChI is InChI=1S/C15H24N2S/c1-5-12(3)14(17-6-2)18-15(16-4)13-10-8-7-9-11-13/h2,13,17H,5,7-11H2,1,3-4H3/b14-12-,16-15?. The van der Waals surface area contributed by atoms with Crippen LogP contribution in [-0.4, -0.2) is 12.1 Å². The number of allylic oxidation sites excluding steroid dienone is 1. The van der Waals surface area contributed by atoms with Crippen molar-refractivity contribution in [3.63, 3.8) is 0 Å². The van der Waals surface area contributed by atoms with Crippen LogP contribution in [0, 0.1) is 18.4 Å². The molecule has 0 atom stereocenters. The first-order chi connectivity index (χ1) is 8.72. The van der Waals surface area contributed by atoms with Crippen molar-refractivity contribution < 1.29 is 0 Å². The number of aliphatic imine (C=N–C) groups is 1. The average molecular weight is 264 g/mol. The van der Waals surface area contributed by atoms with Crippen LogP contribution in [0.3, 0.4) is 0 Å². The van der Waals surface area contributed by atoms with E-state index in [1.165, 1.54) is 42.7 Å². The Balaban J connectivity index is 2.74. The van der Waals surface area contributed by atoms with Crippen LogP contribution in [0.2, 0.25) is 0 Å². The number of nitrogens with zero attached hydrogens (tertiary/aromatic N) is 1. The van der Waals surface area contributed by atoms with Crippen molar-refractivity contribution in [1.29, 1.82) is 0 Å². The van der Waals surface area contributed by atoms with Gasteiger partial charge in [0, 0.05) is 19.0 Å². The second kappa shape index (κ2) is 8.26. The molecule has 0 aromatic carbocycles. The van der Waals surface area contributed by atoms with Gasteiger partial charge in [0.1, 0.15) is 0 Å². The predicted molar refractivity (Wildman–Crippen MR) is 82.5 cm³/mol. The maximum absolute atomic E-state index is 5.37. The van der Waals surface area contributed by atoms with Crippen LogP contribution in [0.5, 0.6) is 0 Å². The number of rotatable bonds is 4. The number of terminal acetylenes is 1. The highest BCUT2D eigenvalue weighted by atomic mass is 32.2. The quantitative estimate of drug-likeness (QED) is 0.357. The second-order valence-corrected chi connectivity index (χ2v) is 5.76. The topological polar surface area (TPSA) is 24.4 Å². The summed E-state index contributed by atoms with van der Waals surface area (Å²) in [7, 11) is 1.89. The molecule has 0 radical (unpaired) electrons. The van der Waals surface area contributed by atoms with E-state index in [9.17, 15) is 0 Å². The third-order valence-electron chi connectivity index (χ3n) is 3.49. The molecule has 0 unspecified atom stereocenters. The first-order valence-corrected chi connectivity index (χ1v) is 7.60. The number of thioether (sulfide) groups is 1. The Morgan fingerprint density at radius 1 is 1.39 bits per heavy atom. The molecule has 0 bridgehead atoms. The van der Waals surface area contributed by atoms with Crippen molar-refractivity contribution in [1.82, 2.24) is 5.32 Å². The first-order valence-electron chi connectivity index (χ1n) is 6.78. The molecule has 1 fully saturated rings. The highest BCUT2D eigenvalue weighted by molar-refractivity contribution is 8.17. The summed E-state index contributed by atoms with van der Waals surface area (Å²) in [4.78, 5) is 4.49. The lowest BCUT2D eigenvalue weighted by atomic mass is 9.90. The van der Waals surface area contributed by atoms with Gasteiger partial charge in [0.25, 0.3) is 0 Å². The Morgan fingerprint density at radius 3 is 2.56 bits per heavy atom. The fraction of sp³-hybridized carbons (Fsp3) is 0.667. The molecule has 0 heterocycles. The number of hydrogen-bond acceptors (Lipinski definition) is 3. The zero-order valence-corrected chi connectivity index (χ0v) is 12.6. The van der Waals surface area contributed by atoms with Crippen molar-refractivity contribution >= 4 is 16.8 Å². The van der Waals surface area contributed by atoms with E-state index in [0.717, 1.165) is 11.4 Å². The van der Waals surface area contributed by atoms with Crippen LogP contribution in [0.25, 0.3) is 0 Å². The zero-order chi connectivity index (χ0) is 13.4. The second-order valence-electron chi connectivity index (χ2n) is 4.73. The summed E-state index contributed by atoms with van der Waals surface area (Å²) in [6.45, 7) is 4.28. The molecule has 0 aromatic rings. The van der Waals surface area contributed by atoms with Crippen molar-refractivity contribution in [2.45, 2.75) is 52.4 Å². The lowest BCUT2D eigenvalue weighted by Gasteiger charge is -2.23. The Kier molecular flexibility index (Phi) is 6.97. The largest absolute Gasteiger partial charge is 0.309 e. The molecule has 3 heteroatoms. The van der Waals surface area contributed by atoms with Gasteiger partial charge in [-0.15, -0.1) is 0 Å². The fourth-order valence-corrected chi connectivity index (χ4v) is 3.34. The molecule has 0 amide bonds. The van der Waals surface area contributed by atoms with Crippen LogP contribution in [0.15, 0.2) is 15.6 Å². The molecule has 1 rings (SSSR count). The molecule has 1 N–H and O–H groups in total. The highest BCUT2D eigenvalue weighted by Gasteiger charge is 2.20. The minimum Gasteiger partial charge on any atom is -0.309 e. The van der Waals surface area contributed by atoms with Gasteiger partial charge in [-0.25, -0.2) is 0 Å². The Bertz CT molecular complexity index is 357. The minimum atomic E-state index is 0.632. The van der Waals surface area contributed by atoms with E-state index >= 15 is 0 Å². The summed E-state index contributed by atoms with van der Waals surface area (Å²) in [5, 5.41) is 5.35. The molecule has 0 saturated heterocycles. The number of hydrogen-bond donors (Lipinski definition) is 1. The zero-order valence-electron chi connectivity index (χ0n) is 11.8. The van der Waals surface area contributed by atoms with Gasteiger partial charge in [-0.1, -0.05) is 44.4 Å². The lowest BCUT2D eigenvalue weighted by molar-refractivity contribution is 0.443. The van der Waals surface area contributed by atoms with Gasteiger partial charge in [0.2, 0.25) is 0 Å². The third-order valence-corrected chi connectivity index (χ3v) is 4.86. The Labute approximate surface area is 116 Å². The van der Waals surface area contributed by atoms with E-state index in [2.05, 4.69) is 30.2 Å². The van der Waals surface area contributed by atoms with Crippen molar-refractivity contribution in [2.24, 2.45) is 10.9 Å². The summed E-state index contributed by atoms with van der Waals surface area (Å²) < 4.78 is 0. The third kappa shape index (κ3) is 4.42. The van der Waals surface area contributed by atoms with Crippen LogP contribution in [0.4, 0.5) is 0 Å². The predicted octanol–water partition coefficient (Wildman–Crippen LogP) is 4.15. The van der Waals surface area contributed by atoms with Gasteiger partial charge in [-0.2, -0.15) is 0 Å². The van der Waals surface area contributed by atoms with Gasteiger partial charge in [0.15, 0.2) is 0 Å². The Morgan fingerprint density at radius 2 is 2.06 bits per heavy atom. The maximum atomic E-state index is 5.37. The summed E-state index contributed by atoms with van der Waals surface area (Å²) in [6.07, 6.45) is 13.0. The minimum absolute atomic E-state index is 0.632. The SMILES string of the molecule is C#CN/C(SC(=NC)C1CCCCC1)=C(\C)CC. The molecule has 0 aromatic heterocycles. The molecule has 0 spiro atoms. The fourth-order valence-electron chi connectivity index (χ4n) is 2.21. The summed E-state index contributed by atoms with van der Waals surface area (Å²) in [5.41, 5.74) is 1.30. The number of nitrogens with one attached hydrogen (secondary N) is 1. The normalized spacial score (nSPS) is 19.1. The van der Waals surface area contributed by atoms with Crippen LogP contribution in [0.1, 0.15) is 52.4 Å². The highest BCUT2D eigenvalue weighted by Crippen LogP contribution is 2.32. The van der Waals surface area contributed by atoms with Crippen molar-refractivity contribution in [3.05, 3.63) is 10.6 Å². The summed E-state index contributed by atoms with van der Waals surface area (Å²) >= 11 is 1.73. The van der Waals surface area contributed by atoms with E-state index in [0.29, 0.717) is 5.92 Å². The molecular formula is C15H24N2S. The maximum Gasteiger partial charge on any atom is 0.0846 e. The van der Waals surface area contributed by atoms with Crippen LogP contribution in [-0.2, 0) is 0 Å². The van der Waals surface area contributed by atoms with E-state index in [-0.39, 0.29) is 0 Å². The van der Waals surface area contributed by atoms with E-state index in [1.807, 2.05) is 7.05 Å². The van der Waals surface area contributed by atoms with Gasteiger partial charge < -0.3 is 5.32 Å². The molecule has 1 aliphatic carbocycles. The molecule has 2 nitrogen and oxygen atoms in total. The average Bonchev–Trinajstić information content (AvgIpc) is 2.43. The monoisotopic (exact) mass is 264 g/mol. The van der Waals surface area contributed by atoms with Gasteiger partial charge in [0.05, 0.1) is 10.1 Å². The van der Waals surface area contributed by atoms with Crippen LogP contribution >= 0.6 is 11.8 Å². The van der Waals surface area contributed by atoms with Gasteiger partial charge in [-0.05, 0) is 31.8 Å².